The Kier molecular flexibility index (Phi) is 6.68. The van der Waals surface area contributed by atoms with Crippen LogP contribution in [0.2, 0.25) is 0 Å². The van der Waals surface area contributed by atoms with E-state index in [4.69, 9.17) is 4.74 Å². The highest BCUT2D eigenvalue weighted by atomic mass is 35.5. The lowest BCUT2D eigenvalue weighted by molar-refractivity contribution is -0.140. The highest BCUT2D eigenvalue weighted by molar-refractivity contribution is 5.85. The molecule has 1 N–H and O–H groups in total. The number of hydrogen-bond donors (Lipinski definition) is 1. The number of nitrogens with zero attached hydrogens (tertiary/aromatic N) is 1. The smallest absolute Gasteiger partial charge is 0.223 e. The fourth-order valence-electron chi connectivity index (χ4n) is 3.29. The summed E-state index contributed by atoms with van der Waals surface area (Å²) < 4.78 is 5.59. The van der Waals surface area contributed by atoms with Crippen LogP contribution in [0.5, 0.6) is 0 Å². The summed E-state index contributed by atoms with van der Waals surface area (Å²) in [6.45, 7) is 4.14. The van der Waals surface area contributed by atoms with Gasteiger partial charge in [-0.3, -0.25) is 4.79 Å². The monoisotopic (exact) mass is 324 g/mol. The number of morpholine rings is 1. The van der Waals surface area contributed by atoms with Gasteiger partial charge in [0.25, 0.3) is 0 Å². The van der Waals surface area contributed by atoms with Gasteiger partial charge in [-0.25, -0.2) is 0 Å². The lowest BCUT2D eigenvalue weighted by atomic mass is 10.0. The van der Waals surface area contributed by atoms with Crippen molar-refractivity contribution in [3.05, 3.63) is 35.9 Å². The summed E-state index contributed by atoms with van der Waals surface area (Å²) in [5.41, 5.74) is 1.17. The minimum Gasteiger partial charge on any atom is -0.377 e. The third kappa shape index (κ3) is 4.22. The van der Waals surface area contributed by atoms with Gasteiger partial charge in [-0.2, -0.15) is 0 Å². The van der Waals surface area contributed by atoms with Gasteiger partial charge in [0.15, 0.2) is 0 Å². The first-order valence-corrected chi connectivity index (χ1v) is 7.97. The molecule has 2 heterocycles. The van der Waals surface area contributed by atoms with Crippen LogP contribution in [0.3, 0.4) is 0 Å². The van der Waals surface area contributed by atoms with E-state index in [1.165, 1.54) is 12.0 Å². The largest absolute Gasteiger partial charge is 0.377 e. The summed E-state index contributed by atoms with van der Waals surface area (Å²) in [4.78, 5) is 14.6. The summed E-state index contributed by atoms with van der Waals surface area (Å²) in [6.07, 6.45) is 2.87. The molecule has 0 spiro atoms. The molecule has 2 aliphatic heterocycles. The van der Waals surface area contributed by atoms with Crippen LogP contribution >= 0.6 is 12.4 Å². The topological polar surface area (TPSA) is 41.6 Å². The molecule has 2 fully saturated rings. The summed E-state index contributed by atoms with van der Waals surface area (Å²) in [7, 11) is 0. The zero-order valence-corrected chi connectivity index (χ0v) is 13.7. The Morgan fingerprint density at radius 1 is 1.32 bits per heavy atom. The van der Waals surface area contributed by atoms with E-state index in [0.29, 0.717) is 32.1 Å². The van der Waals surface area contributed by atoms with Crippen LogP contribution in [0, 0.1) is 5.92 Å². The summed E-state index contributed by atoms with van der Waals surface area (Å²) >= 11 is 0. The molecular weight excluding hydrogens is 300 g/mol. The molecule has 2 saturated heterocycles. The van der Waals surface area contributed by atoms with Gasteiger partial charge in [0.2, 0.25) is 5.91 Å². The first-order valence-electron chi connectivity index (χ1n) is 7.97. The SMILES string of the molecule is Cl.O=C(CCC1CCNC1)N1CCOCC1c1ccccc1. The van der Waals surface area contributed by atoms with Gasteiger partial charge >= 0.3 is 0 Å². The third-order valence-corrected chi connectivity index (χ3v) is 4.56. The van der Waals surface area contributed by atoms with Gasteiger partial charge in [0, 0.05) is 13.0 Å². The standard InChI is InChI=1S/C17H24N2O2.ClH/c20-17(7-6-14-8-9-18-12-14)19-10-11-21-13-16(19)15-4-2-1-3-5-15;/h1-5,14,16,18H,6-13H2;1H. The molecule has 5 heteroatoms. The summed E-state index contributed by atoms with van der Waals surface area (Å²) in [6, 6.07) is 10.3. The van der Waals surface area contributed by atoms with Gasteiger partial charge < -0.3 is 15.0 Å². The summed E-state index contributed by atoms with van der Waals surface area (Å²) in [5, 5.41) is 3.37. The molecule has 0 bridgehead atoms. The van der Waals surface area contributed by atoms with Gasteiger partial charge in [-0.05, 0) is 37.4 Å². The van der Waals surface area contributed by atoms with Crippen LogP contribution < -0.4 is 5.32 Å². The van der Waals surface area contributed by atoms with Crippen LogP contribution in [0.15, 0.2) is 30.3 Å². The molecule has 22 heavy (non-hydrogen) atoms. The van der Waals surface area contributed by atoms with Crippen molar-refractivity contribution in [2.24, 2.45) is 5.92 Å². The Morgan fingerprint density at radius 3 is 2.86 bits per heavy atom. The molecule has 0 aromatic heterocycles. The number of nitrogens with one attached hydrogen (secondary N) is 1. The van der Waals surface area contributed by atoms with E-state index < -0.39 is 0 Å². The average molecular weight is 325 g/mol. The van der Waals surface area contributed by atoms with Crippen LogP contribution in [0.25, 0.3) is 0 Å². The number of amides is 1. The van der Waals surface area contributed by atoms with Crippen molar-refractivity contribution in [2.75, 3.05) is 32.8 Å². The maximum atomic E-state index is 12.6. The van der Waals surface area contributed by atoms with Crippen LogP contribution in [-0.2, 0) is 9.53 Å². The molecule has 4 nitrogen and oxygen atoms in total. The maximum absolute atomic E-state index is 12.6. The van der Waals surface area contributed by atoms with E-state index in [2.05, 4.69) is 17.4 Å². The molecule has 1 amide bonds. The van der Waals surface area contributed by atoms with Crippen molar-refractivity contribution in [1.82, 2.24) is 10.2 Å². The number of halogens is 1. The lowest BCUT2D eigenvalue weighted by Gasteiger charge is -2.36. The molecule has 3 rings (SSSR count). The van der Waals surface area contributed by atoms with Crippen molar-refractivity contribution >= 4 is 18.3 Å². The second-order valence-electron chi connectivity index (χ2n) is 5.99. The molecule has 122 valence electrons. The van der Waals surface area contributed by atoms with Crippen LogP contribution in [-0.4, -0.2) is 43.7 Å². The van der Waals surface area contributed by atoms with Crippen molar-refractivity contribution in [2.45, 2.75) is 25.3 Å². The molecule has 1 aromatic carbocycles. The normalized spacial score (nSPS) is 24.8. The number of hydrogen-bond acceptors (Lipinski definition) is 3. The zero-order chi connectivity index (χ0) is 14.5. The van der Waals surface area contributed by atoms with Gasteiger partial charge in [-0.1, -0.05) is 30.3 Å². The number of benzene rings is 1. The Morgan fingerprint density at radius 2 is 2.14 bits per heavy atom. The number of carbonyl (C=O) groups is 1. The third-order valence-electron chi connectivity index (χ3n) is 4.56. The molecule has 2 unspecified atom stereocenters. The number of rotatable bonds is 4. The fourth-order valence-corrected chi connectivity index (χ4v) is 3.29. The van der Waals surface area contributed by atoms with E-state index in [0.717, 1.165) is 19.5 Å². The molecule has 0 radical (unpaired) electrons. The van der Waals surface area contributed by atoms with E-state index >= 15 is 0 Å². The average Bonchev–Trinajstić information content (AvgIpc) is 3.07. The molecule has 2 aliphatic rings. The molecule has 2 atom stereocenters. The molecule has 0 saturated carbocycles. The Balaban J connectivity index is 0.00000176. The lowest BCUT2D eigenvalue weighted by Crippen LogP contribution is -2.43. The number of ether oxygens (including phenoxy) is 1. The van der Waals surface area contributed by atoms with Crippen molar-refractivity contribution in [3.8, 4) is 0 Å². The highest BCUT2D eigenvalue weighted by Gasteiger charge is 2.28. The second kappa shape index (κ2) is 8.51. The predicted octanol–water partition coefficient (Wildman–Crippen LogP) is 2.40. The van der Waals surface area contributed by atoms with Crippen LogP contribution in [0.1, 0.15) is 30.9 Å². The second-order valence-corrected chi connectivity index (χ2v) is 5.99. The minimum absolute atomic E-state index is 0. The fraction of sp³-hybridized carbons (Fsp3) is 0.588. The molecule has 1 aromatic rings. The Labute approximate surface area is 138 Å². The minimum atomic E-state index is 0. The molecular formula is C17H25ClN2O2. The maximum Gasteiger partial charge on any atom is 0.223 e. The molecule has 0 aliphatic carbocycles. The predicted molar refractivity (Wildman–Crippen MR) is 89.2 cm³/mol. The van der Waals surface area contributed by atoms with Crippen molar-refractivity contribution in [1.29, 1.82) is 0 Å². The van der Waals surface area contributed by atoms with Crippen molar-refractivity contribution < 1.29 is 9.53 Å². The number of carbonyl (C=O) groups excluding carboxylic acids is 1. The zero-order valence-electron chi connectivity index (χ0n) is 12.9. The summed E-state index contributed by atoms with van der Waals surface area (Å²) in [5.74, 6) is 0.948. The Bertz CT molecular complexity index is 463. The van der Waals surface area contributed by atoms with Gasteiger partial charge in [0.1, 0.15) is 0 Å². The van der Waals surface area contributed by atoms with Gasteiger partial charge in [0.05, 0.1) is 19.3 Å². The van der Waals surface area contributed by atoms with Gasteiger partial charge in [-0.15, -0.1) is 12.4 Å². The first-order chi connectivity index (χ1) is 10.3. The quantitative estimate of drug-likeness (QED) is 0.924. The van der Waals surface area contributed by atoms with Crippen LogP contribution in [0.4, 0.5) is 0 Å². The Hall–Kier alpha value is -1.10. The van der Waals surface area contributed by atoms with E-state index in [1.807, 2.05) is 23.1 Å². The van der Waals surface area contributed by atoms with E-state index in [9.17, 15) is 4.79 Å². The van der Waals surface area contributed by atoms with E-state index in [-0.39, 0.29) is 24.4 Å². The highest BCUT2D eigenvalue weighted by Crippen LogP contribution is 2.26. The van der Waals surface area contributed by atoms with E-state index in [1.54, 1.807) is 0 Å². The van der Waals surface area contributed by atoms with Crippen molar-refractivity contribution in [3.63, 3.8) is 0 Å². The first kappa shape index (κ1) is 17.3.